The van der Waals surface area contributed by atoms with Crippen molar-refractivity contribution in [1.82, 2.24) is 0 Å². The van der Waals surface area contributed by atoms with Crippen LogP contribution in [-0.4, -0.2) is 10.9 Å². The molecule has 0 saturated carbocycles. The largest absolute Gasteiger partial charge is 0.288 e. The molecule has 0 aliphatic rings. The quantitative estimate of drug-likeness (QED) is 0.711. The van der Waals surface area contributed by atoms with Gasteiger partial charge in [-0.3, -0.25) is 4.79 Å². The number of allylic oxidation sites excluding steroid dienone is 1. The molecular weight excluding hydrogens is 200 g/mol. The van der Waals surface area contributed by atoms with Crippen molar-refractivity contribution in [3.63, 3.8) is 0 Å². The summed E-state index contributed by atoms with van der Waals surface area (Å²) in [6.45, 7) is 1.60. The third-order valence-electron chi connectivity index (χ3n) is 1.42. The minimum atomic E-state index is 0.199. The van der Waals surface area contributed by atoms with Crippen LogP contribution in [-0.2, 0) is 4.79 Å². The Morgan fingerprint density at radius 3 is 3.15 bits per heavy atom. The molecule has 0 N–H and O–H groups in total. The van der Waals surface area contributed by atoms with Gasteiger partial charge in [-0.05, 0) is 23.9 Å². The summed E-state index contributed by atoms with van der Waals surface area (Å²) in [4.78, 5) is 11.8. The maximum absolute atomic E-state index is 10.6. The highest BCUT2D eigenvalue weighted by atomic mass is 32.2. The maximum Gasteiger partial charge on any atom is 0.185 e. The van der Waals surface area contributed by atoms with Gasteiger partial charge in [0.25, 0.3) is 0 Å². The first kappa shape index (κ1) is 10.5. The van der Waals surface area contributed by atoms with E-state index in [0.29, 0.717) is 0 Å². The summed E-state index contributed by atoms with van der Waals surface area (Å²) in [5, 5.41) is 2.26. The minimum Gasteiger partial charge on any atom is -0.288 e. The fourth-order valence-electron chi connectivity index (χ4n) is 0.856. The molecule has 3 heteroatoms. The molecule has 0 fully saturated rings. The first-order valence-electron chi connectivity index (χ1n) is 4.12. The summed E-state index contributed by atoms with van der Waals surface area (Å²) in [6, 6.07) is 4.12. The van der Waals surface area contributed by atoms with E-state index in [1.165, 1.54) is 16.6 Å². The summed E-state index contributed by atoms with van der Waals surface area (Å²) >= 11 is 3.11. The molecule has 0 spiro atoms. The van der Waals surface area contributed by atoms with Gasteiger partial charge in [-0.2, -0.15) is 0 Å². The molecule has 0 bridgehead atoms. The molecule has 1 aromatic heterocycles. The van der Waals surface area contributed by atoms with Crippen LogP contribution in [0.25, 0.3) is 6.08 Å². The molecule has 0 aromatic carbocycles. The van der Waals surface area contributed by atoms with Gasteiger partial charge in [0.2, 0.25) is 0 Å². The Balaban J connectivity index is 2.16. The number of carbonyl (C=O) groups excluding carboxylic acids is 1. The zero-order valence-corrected chi connectivity index (χ0v) is 9.16. The van der Waals surface area contributed by atoms with E-state index in [-0.39, 0.29) is 5.12 Å². The van der Waals surface area contributed by atoms with Gasteiger partial charge in [0.15, 0.2) is 5.12 Å². The summed E-state index contributed by atoms with van der Waals surface area (Å²) in [6.07, 6.45) is 5.18. The van der Waals surface area contributed by atoms with Crippen molar-refractivity contribution in [3.8, 4) is 0 Å². The third-order valence-corrected chi connectivity index (χ3v) is 3.10. The smallest absolute Gasteiger partial charge is 0.185 e. The van der Waals surface area contributed by atoms with Crippen LogP contribution in [0.15, 0.2) is 23.6 Å². The molecule has 13 heavy (non-hydrogen) atoms. The van der Waals surface area contributed by atoms with Crippen LogP contribution < -0.4 is 0 Å². The molecule has 1 heterocycles. The number of hydrogen-bond acceptors (Lipinski definition) is 3. The molecule has 1 aromatic rings. The normalized spacial score (nSPS) is 10.8. The third kappa shape index (κ3) is 4.90. The second-order valence-corrected chi connectivity index (χ2v) is 4.80. The molecular formula is C10H12OS2. The average Bonchev–Trinajstić information content (AvgIpc) is 2.55. The van der Waals surface area contributed by atoms with E-state index in [1.807, 2.05) is 6.07 Å². The van der Waals surface area contributed by atoms with Crippen LogP contribution in [0, 0.1) is 0 Å². The molecule has 0 aliphatic carbocycles. The molecule has 0 aliphatic heterocycles. The first-order chi connectivity index (χ1) is 6.29. The summed E-state index contributed by atoms with van der Waals surface area (Å²) in [5.41, 5.74) is 0. The van der Waals surface area contributed by atoms with E-state index < -0.39 is 0 Å². The molecule has 70 valence electrons. The van der Waals surface area contributed by atoms with Gasteiger partial charge >= 0.3 is 0 Å². The van der Waals surface area contributed by atoms with Crippen LogP contribution in [0.1, 0.15) is 18.2 Å². The van der Waals surface area contributed by atoms with Gasteiger partial charge in [0.1, 0.15) is 0 Å². The molecule has 0 unspecified atom stereocenters. The standard InChI is InChI=1S/C10H12OS2/c1-9(11)12-7-3-2-5-10-6-4-8-13-10/h2,4-6,8H,3,7H2,1H3. The van der Waals surface area contributed by atoms with Crippen molar-refractivity contribution < 1.29 is 4.79 Å². The number of rotatable bonds is 4. The van der Waals surface area contributed by atoms with Crippen molar-refractivity contribution in [3.05, 3.63) is 28.5 Å². The highest BCUT2D eigenvalue weighted by Gasteiger charge is 1.91. The van der Waals surface area contributed by atoms with Gasteiger partial charge in [-0.25, -0.2) is 0 Å². The topological polar surface area (TPSA) is 17.1 Å². The zero-order valence-electron chi connectivity index (χ0n) is 7.53. The highest BCUT2D eigenvalue weighted by Crippen LogP contribution is 2.11. The summed E-state index contributed by atoms with van der Waals surface area (Å²) in [7, 11) is 0. The highest BCUT2D eigenvalue weighted by molar-refractivity contribution is 8.13. The van der Waals surface area contributed by atoms with Crippen molar-refractivity contribution >= 4 is 34.3 Å². The van der Waals surface area contributed by atoms with Crippen LogP contribution in [0.5, 0.6) is 0 Å². The van der Waals surface area contributed by atoms with E-state index in [1.54, 1.807) is 18.3 Å². The summed E-state index contributed by atoms with van der Waals surface area (Å²) < 4.78 is 0. The van der Waals surface area contributed by atoms with E-state index in [2.05, 4.69) is 23.6 Å². The van der Waals surface area contributed by atoms with E-state index in [4.69, 9.17) is 0 Å². The summed E-state index contributed by atoms with van der Waals surface area (Å²) in [5.74, 6) is 0.886. The van der Waals surface area contributed by atoms with Gasteiger partial charge in [0.05, 0.1) is 0 Å². The molecule has 1 nitrogen and oxygen atoms in total. The van der Waals surface area contributed by atoms with Crippen LogP contribution >= 0.6 is 23.1 Å². The Bertz CT molecular complexity index is 275. The first-order valence-corrected chi connectivity index (χ1v) is 5.99. The van der Waals surface area contributed by atoms with Crippen LogP contribution in [0.4, 0.5) is 0 Å². The molecule has 0 radical (unpaired) electrons. The monoisotopic (exact) mass is 212 g/mol. The van der Waals surface area contributed by atoms with Gasteiger partial charge in [-0.15, -0.1) is 11.3 Å². The Labute approximate surface area is 86.9 Å². The fourth-order valence-corrected chi connectivity index (χ4v) is 2.04. The van der Waals surface area contributed by atoms with E-state index in [9.17, 15) is 4.79 Å². The zero-order chi connectivity index (χ0) is 9.52. The molecule has 0 saturated heterocycles. The van der Waals surface area contributed by atoms with Gasteiger partial charge < -0.3 is 0 Å². The predicted octanol–water partition coefficient (Wildman–Crippen LogP) is 3.43. The average molecular weight is 212 g/mol. The Morgan fingerprint density at radius 2 is 2.54 bits per heavy atom. The Morgan fingerprint density at radius 1 is 1.69 bits per heavy atom. The second kappa shape index (κ2) is 6.00. The molecule has 0 atom stereocenters. The van der Waals surface area contributed by atoms with Crippen LogP contribution in [0.3, 0.4) is 0 Å². The number of thiophene rings is 1. The number of carbonyl (C=O) groups is 1. The number of thioether (sulfide) groups is 1. The van der Waals surface area contributed by atoms with Crippen LogP contribution in [0.2, 0.25) is 0 Å². The fraction of sp³-hybridized carbons (Fsp3) is 0.300. The Kier molecular flexibility index (Phi) is 4.86. The van der Waals surface area contributed by atoms with Crippen molar-refractivity contribution in [2.75, 3.05) is 5.75 Å². The maximum atomic E-state index is 10.6. The minimum absolute atomic E-state index is 0.199. The lowest BCUT2D eigenvalue weighted by atomic mass is 10.4. The SMILES string of the molecule is CC(=O)SCCC=Cc1cccs1. The van der Waals surface area contributed by atoms with Crippen molar-refractivity contribution in [1.29, 1.82) is 0 Å². The van der Waals surface area contributed by atoms with Crippen molar-refractivity contribution in [2.45, 2.75) is 13.3 Å². The van der Waals surface area contributed by atoms with Crippen molar-refractivity contribution in [2.24, 2.45) is 0 Å². The molecule has 0 amide bonds. The lowest BCUT2D eigenvalue weighted by Crippen LogP contribution is -1.83. The Hall–Kier alpha value is -0.540. The van der Waals surface area contributed by atoms with Gasteiger partial charge in [-0.1, -0.05) is 23.9 Å². The second-order valence-electron chi connectivity index (χ2n) is 2.55. The molecule has 1 rings (SSSR count). The van der Waals surface area contributed by atoms with E-state index in [0.717, 1.165) is 12.2 Å². The van der Waals surface area contributed by atoms with Gasteiger partial charge in [0, 0.05) is 17.6 Å². The number of hydrogen-bond donors (Lipinski definition) is 0. The van der Waals surface area contributed by atoms with E-state index >= 15 is 0 Å². The predicted molar refractivity (Wildman–Crippen MR) is 61.1 cm³/mol. The lowest BCUT2D eigenvalue weighted by Gasteiger charge is -1.90. The lowest BCUT2D eigenvalue weighted by molar-refractivity contribution is -0.109.